The molecular weight excluding hydrogens is 491 g/mol. The van der Waals surface area contributed by atoms with Crippen LogP contribution in [0.3, 0.4) is 0 Å². The number of carbonyl (C=O) groups is 1. The van der Waals surface area contributed by atoms with Gasteiger partial charge in [0.05, 0.1) is 17.2 Å². The summed E-state index contributed by atoms with van der Waals surface area (Å²) >= 11 is 0. The number of anilines is 3. The SMILES string of the molecule is CCC(C(=O)Nc1ccc(-c2ccc3nc(Nc4ccccc4C(F)(F)F)nn3c2)cc1)c1ccccc1. The minimum absolute atomic E-state index is 0.0563. The van der Waals surface area contributed by atoms with E-state index in [1.807, 2.05) is 67.6 Å². The normalized spacial score (nSPS) is 12.3. The molecule has 0 radical (unpaired) electrons. The lowest BCUT2D eigenvalue weighted by molar-refractivity contribution is -0.137. The zero-order valence-electron chi connectivity index (χ0n) is 20.4. The second-order valence-corrected chi connectivity index (χ2v) is 8.76. The molecule has 192 valence electrons. The number of carbonyl (C=O) groups excluding carboxylic acids is 1. The number of amides is 1. The number of hydrogen-bond acceptors (Lipinski definition) is 4. The van der Waals surface area contributed by atoms with Gasteiger partial charge in [0.2, 0.25) is 11.9 Å². The first-order valence-corrected chi connectivity index (χ1v) is 12.1. The third-order valence-electron chi connectivity index (χ3n) is 6.22. The second-order valence-electron chi connectivity index (χ2n) is 8.76. The first kappa shape index (κ1) is 25.0. The van der Waals surface area contributed by atoms with E-state index < -0.39 is 11.7 Å². The summed E-state index contributed by atoms with van der Waals surface area (Å²) in [5, 5.41) is 9.96. The number of nitrogens with one attached hydrogen (secondary N) is 2. The fourth-order valence-electron chi connectivity index (χ4n) is 4.30. The van der Waals surface area contributed by atoms with E-state index in [-0.39, 0.29) is 23.5 Å². The topological polar surface area (TPSA) is 71.3 Å². The van der Waals surface area contributed by atoms with E-state index in [0.29, 0.717) is 17.8 Å². The van der Waals surface area contributed by atoms with Crippen LogP contribution in [0.15, 0.2) is 97.2 Å². The molecule has 2 heterocycles. The average molecular weight is 516 g/mol. The molecule has 5 aromatic rings. The lowest BCUT2D eigenvalue weighted by Gasteiger charge is -2.15. The summed E-state index contributed by atoms with van der Waals surface area (Å²) in [5.41, 5.74) is 2.94. The molecule has 2 aromatic heterocycles. The molecule has 2 N–H and O–H groups in total. The van der Waals surface area contributed by atoms with Gasteiger partial charge in [-0.1, -0.05) is 61.5 Å². The highest BCUT2D eigenvalue weighted by Crippen LogP contribution is 2.35. The van der Waals surface area contributed by atoms with Gasteiger partial charge in [0.15, 0.2) is 5.65 Å². The highest BCUT2D eigenvalue weighted by atomic mass is 19.4. The van der Waals surface area contributed by atoms with Gasteiger partial charge in [-0.05, 0) is 53.9 Å². The van der Waals surface area contributed by atoms with Crippen LogP contribution in [-0.2, 0) is 11.0 Å². The Labute approximate surface area is 217 Å². The number of halogens is 3. The number of alkyl halides is 3. The van der Waals surface area contributed by atoms with Gasteiger partial charge in [-0.2, -0.15) is 18.2 Å². The Hall–Kier alpha value is -4.66. The van der Waals surface area contributed by atoms with Crippen molar-refractivity contribution in [3.05, 3.63) is 108 Å². The van der Waals surface area contributed by atoms with Crippen LogP contribution in [0.25, 0.3) is 16.8 Å². The molecule has 38 heavy (non-hydrogen) atoms. The molecule has 0 fully saturated rings. The van der Waals surface area contributed by atoms with Gasteiger partial charge in [0.25, 0.3) is 0 Å². The van der Waals surface area contributed by atoms with Crippen molar-refractivity contribution in [2.45, 2.75) is 25.4 Å². The molecule has 0 aliphatic rings. The van der Waals surface area contributed by atoms with Crippen LogP contribution in [0.5, 0.6) is 0 Å². The number of rotatable bonds is 7. The Morgan fingerprint density at radius 1 is 0.895 bits per heavy atom. The lowest BCUT2D eigenvalue weighted by atomic mass is 9.95. The van der Waals surface area contributed by atoms with Crippen LogP contribution in [0.2, 0.25) is 0 Å². The average Bonchev–Trinajstić information content (AvgIpc) is 3.31. The highest BCUT2D eigenvalue weighted by Gasteiger charge is 2.33. The summed E-state index contributed by atoms with van der Waals surface area (Å²) in [5.74, 6) is -0.250. The molecule has 0 aliphatic carbocycles. The van der Waals surface area contributed by atoms with Gasteiger partial charge in [-0.25, -0.2) is 4.52 Å². The van der Waals surface area contributed by atoms with E-state index in [0.717, 1.165) is 22.8 Å². The summed E-state index contributed by atoms with van der Waals surface area (Å²) in [6.07, 6.45) is -2.07. The van der Waals surface area contributed by atoms with Gasteiger partial charge >= 0.3 is 6.18 Å². The number of benzene rings is 3. The van der Waals surface area contributed by atoms with Crippen molar-refractivity contribution >= 4 is 28.9 Å². The molecule has 0 saturated heterocycles. The maximum absolute atomic E-state index is 13.3. The van der Waals surface area contributed by atoms with Gasteiger partial charge in [0.1, 0.15) is 0 Å². The first-order valence-electron chi connectivity index (χ1n) is 12.1. The van der Waals surface area contributed by atoms with Crippen LogP contribution in [-0.4, -0.2) is 20.5 Å². The van der Waals surface area contributed by atoms with Crippen LogP contribution >= 0.6 is 0 Å². The maximum Gasteiger partial charge on any atom is 0.418 e. The minimum atomic E-state index is -4.50. The molecule has 0 bridgehead atoms. The molecule has 3 aromatic carbocycles. The van der Waals surface area contributed by atoms with Gasteiger partial charge in [0, 0.05) is 17.4 Å². The third kappa shape index (κ3) is 5.36. The van der Waals surface area contributed by atoms with Gasteiger partial charge in [-0.15, -0.1) is 5.10 Å². The van der Waals surface area contributed by atoms with Crippen molar-refractivity contribution < 1.29 is 18.0 Å². The summed E-state index contributed by atoms with van der Waals surface area (Å²) in [6, 6.07) is 25.9. The van der Waals surface area contributed by atoms with E-state index in [1.165, 1.54) is 22.7 Å². The molecule has 0 spiro atoms. The van der Waals surface area contributed by atoms with Crippen LogP contribution in [0.4, 0.5) is 30.5 Å². The van der Waals surface area contributed by atoms with E-state index in [4.69, 9.17) is 0 Å². The van der Waals surface area contributed by atoms with E-state index >= 15 is 0 Å². The molecule has 6 nitrogen and oxygen atoms in total. The van der Waals surface area contributed by atoms with Crippen LogP contribution in [0, 0.1) is 0 Å². The Morgan fingerprint density at radius 3 is 2.29 bits per heavy atom. The smallest absolute Gasteiger partial charge is 0.326 e. The molecule has 1 atom stereocenters. The summed E-state index contributed by atoms with van der Waals surface area (Å²) in [7, 11) is 0. The first-order chi connectivity index (χ1) is 18.3. The van der Waals surface area contributed by atoms with Crippen LogP contribution in [0.1, 0.15) is 30.4 Å². The number of para-hydroxylation sites is 1. The van der Waals surface area contributed by atoms with E-state index in [9.17, 15) is 18.0 Å². The minimum Gasteiger partial charge on any atom is -0.326 e. The zero-order valence-corrected chi connectivity index (χ0v) is 20.4. The number of aromatic nitrogens is 3. The summed E-state index contributed by atoms with van der Waals surface area (Å²) < 4.78 is 41.5. The molecule has 0 saturated carbocycles. The predicted molar refractivity (Wildman–Crippen MR) is 141 cm³/mol. The fourth-order valence-corrected chi connectivity index (χ4v) is 4.30. The Morgan fingerprint density at radius 2 is 1.58 bits per heavy atom. The number of fused-ring (bicyclic) bond motifs is 1. The molecular formula is C29H24F3N5O. The van der Waals surface area contributed by atoms with E-state index in [1.54, 1.807) is 12.3 Å². The monoisotopic (exact) mass is 515 g/mol. The summed E-state index contributed by atoms with van der Waals surface area (Å²) in [4.78, 5) is 17.1. The molecule has 9 heteroatoms. The van der Waals surface area contributed by atoms with Crippen molar-refractivity contribution in [1.82, 2.24) is 14.6 Å². The standard InChI is InChI=1S/C29H24F3N5O/c1-2-23(20-8-4-3-5-9-20)27(38)33-22-15-12-19(13-16-22)21-14-17-26-35-28(36-37(26)18-21)34-25-11-7-6-10-24(25)29(30,31)32/h3-18,23H,2H2,1H3,(H,33,38)(H,34,36). The number of pyridine rings is 1. The van der Waals surface area contributed by atoms with Crippen molar-refractivity contribution in [1.29, 1.82) is 0 Å². The molecule has 0 aliphatic heterocycles. The summed E-state index contributed by atoms with van der Waals surface area (Å²) in [6.45, 7) is 1.98. The fraction of sp³-hybridized carbons (Fsp3) is 0.138. The second kappa shape index (κ2) is 10.4. The van der Waals surface area contributed by atoms with Gasteiger partial charge in [-0.3, -0.25) is 4.79 Å². The maximum atomic E-state index is 13.3. The van der Waals surface area contributed by atoms with Crippen molar-refractivity contribution in [3.63, 3.8) is 0 Å². The van der Waals surface area contributed by atoms with Gasteiger partial charge < -0.3 is 10.6 Å². The number of hydrogen-bond donors (Lipinski definition) is 2. The predicted octanol–water partition coefficient (Wildman–Crippen LogP) is 7.29. The van der Waals surface area contributed by atoms with Crippen LogP contribution < -0.4 is 10.6 Å². The third-order valence-corrected chi connectivity index (χ3v) is 6.22. The van der Waals surface area contributed by atoms with Crippen molar-refractivity contribution in [2.75, 3.05) is 10.6 Å². The lowest BCUT2D eigenvalue weighted by Crippen LogP contribution is -2.20. The Balaban J connectivity index is 1.32. The molecule has 1 unspecified atom stereocenters. The quantitative estimate of drug-likeness (QED) is 0.239. The highest BCUT2D eigenvalue weighted by molar-refractivity contribution is 5.96. The largest absolute Gasteiger partial charge is 0.418 e. The van der Waals surface area contributed by atoms with E-state index in [2.05, 4.69) is 20.7 Å². The molecule has 5 rings (SSSR count). The zero-order chi connectivity index (χ0) is 26.7. The Bertz CT molecular complexity index is 1560. The molecule has 1 amide bonds. The van der Waals surface area contributed by atoms with Crippen molar-refractivity contribution in [3.8, 4) is 11.1 Å². The number of nitrogens with zero attached hydrogens (tertiary/aromatic N) is 3. The Kier molecular flexibility index (Phi) is 6.83. The van der Waals surface area contributed by atoms with Crippen molar-refractivity contribution in [2.24, 2.45) is 0 Å².